The maximum Gasteiger partial charge on any atom is 0.337 e. The normalized spacial score (nSPS) is 27.7. The van der Waals surface area contributed by atoms with Crippen molar-refractivity contribution in [2.24, 2.45) is 0 Å². The summed E-state index contributed by atoms with van der Waals surface area (Å²) in [6, 6.07) is 0. The second kappa shape index (κ2) is 6.97. The molecular formula is C21H38O4Si. The molecule has 2 heterocycles. The molecule has 2 rings (SSSR count). The van der Waals surface area contributed by atoms with E-state index < -0.39 is 13.9 Å². The molecule has 0 unspecified atom stereocenters. The Balaban J connectivity index is 2.26. The molecule has 0 aliphatic carbocycles. The number of carbonyl (C=O) groups is 1. The van der Waals surface area contributed by atoms with Crippen molar-refractivity contribution in [3.63, 3.8) is 0 Å². The molecule has 2 aliphatic rings. The fraction of sp³-hybridized carbons (Fsp3) is 0.857. The minimum atomic E-state index is -1.86. The molecule has 5 heteroatoms. The zero-order valence-corrected chi connectivity index (χ0v) is 19.2. The van der Waals surface area contributed by atoms with Crippen LogP contribution in [-0.2, 0) is 18.7 Å². The average Bonchev–Trinajstić information content (AvgIpc) is 2.52. The van der Waals surface area contributed by atoms with E-state index in [0.29, 0.717) is 12.0 Å². The van der Waals surface area contributed by atoms with Crippen molar-refractivity contribution < 1.29 is 18.7 Å². The molecule has 26 heavy (non-hydrogen) atoms. The summed E-state index contributed by atoms with van der Waals surface area (Å²) >= 11 is 0. The first-order valence-corrected chi connectivity index (χ1v) is 12.8. The third-order valence-electron chi connectivity index (χ3n) is 5.93. The standard InChI is InChI=1S/C21H38O4Si/c1-19(2,3)24-18(22)16-11-13-21(7)12-10-15(14-17(16)23-21)25-26(8,9)20(4,5)6/h15H,10-14H2,1-9H3/t15-,21-/m0/s1. The van der Waals surface area contributed by atoms with Gasteiger partial charge < -0.3 is 13.9 Å². The van der Waals surface area contributed by atoms with Gasteiger partial charge in [-0.25, -0.2) is 4.79 Å². The van der Waals surface area contributed by atoms with E-state index >= 15 is 0 Å². The first-order chi connectivity index (χ1) is 11.6. The zero-order chi connectivity index (χ0) is 20.0. The predicted molar refractivity (Wildman–Crippen MR) is 108 cm³/mol. The first-order valence-electron chi connectivity index (χ1n) is 9.94. The third-order valence-corrected chi connectivity index (χ3v) is 10.5. The van der Waals surface area contributed by atoms with Crippen LogP contribution in [0.2, 0.25) is 18.1 Å². The Kier molecular flexibility index (Phi) is 5.76. The number of fused-ring (bicyclic) bond motifs is 2. The van der Waals surface area contributed by atoms with Crippen molar-refractivity contribution in [3.8, 4) is 0 Å². The van der Waals surface area contributed by atoms with Crippen molar-refractivity contribution in [2.45, 2.75) is 116 Å². The summed E-state index contributed by atoms with van der Waals surface area (Å²) in [7, 11) is -1.86. The molecule has 1 saturated heterocycles. The summed E-state index contributed by atoms with van der Waals surface area (Å²) in [5, 5.41) is 0.168. The smallest absolute Gasteiger partial charge is 0.337 e. The minimum absolute atomic E-state index is 0.114. The van der Waals surface area contributed by atoms with Gasteiger partial charge in [-0.2, -0.15) is 0 Å². The molecule has 0 aromatic heterocycles. The van der Waals surface area contributed by atoms with Crippen molar-refractivity contribution in [1.29, 1.82) is 0 Å². The van der Waals surface area contributed by atoms with Crippen LogP contribution >= 0.6 is 0 Å². The molecule has 2 atom stereocenters. The maximum atomic E-state index is 12.7. The van der Waals surface area contributed by atoms with E-state index in [0.717, 1.165) is 31.4 Å². The molecule has 0 N–H and O–H groups in total. The molecule has 2 bridgehead atoms. The van der Waals surface area contributed by atoms with E-state index in [1.165, 1.54) is 0 Å². The van der Waals surface area contributed by atoms with Gasteiger partial charge in [0.1, 0.15) is 17.0 Å². The molecule has 2 aliphatic heterocycles. The van der Waals surface area contributed by atoms with Gasteiger partial charge in [0, 0.05) is 6.42 Å². The number of hydrogen-bond donors (Lipinski definition) is 0. The van der Waals surface area contributed by atoms with Gasteiger partial charge in [0.15, 0.2) is 8.32 Å². The van der Waals surface area contributed by atoms with E-state index in [1.807, 2.05) is 20.8 Å². The Morgan fingerprint density at radius 3 is 2.31 bits per heavy atom. The fourth-order valence-electron chi connectivity index (χ4n) is 3.30. The van der Waals surface area contributed by atoms with Gasteiger partial charge in [-0.15, -0.1) is 0 Å². The topological polar surface area (TPSA) is 44.8 Å². The van der Waals surface area contributed by atoms with Gasteiger partial charge in [-0.05, 0) is 71.5 Å². The SMILES string of the molecule is CC(C)(C)OC(=O)C1=C2C[C@@H](O[Si](C)(C)C(C)(C)C)CC[C@@](C)(CC1)O2. The highest BCUT2D eigenvalue weighted by atomic mass is 28.4. The van der Waals surface area contributed by atoms with Crippen LogP contribution in [0.25, 0.3) is 0 Å². The Labute approximate surface area is 160 Å². The summed E-state index contributed by atoms with van der Waals surface area (Å²) in [5.41, 5.74) is 0.0302. The number of esters is 1. The van der Waals surface area contributed by atoms with Gasteiger partial charge >= 0.3 is 5.97 Å². The Bertz CT molecular complexity index is 580. The lowest BCUT2D eigenvalue weighted by molar-refractivity contribution is -0.151. The van der Waals surface area contributed by atoms with Gasteiger partial charge in [0.25, 0.3) is 0 Å². The number of rotatable bonds is 3. The van der Waals surface area contributed by atoms with Gasteiger partial charge in [-0.1, -0.05) is 20.8 Å². The third kappa shape index (κ3) is 5.13. The van der Waals surface area contributed by atoms with Gasteiger partial charge in [-0.3, -0.25) is 0 Å². The summed E-state index contributed by atoms with van der Waals surface area (Å²) in [4.78, 5) is 12.7. The number of carbonyl (C=O) groups excluding carboxylic acids is 1. The van der Waals surface area contributed by atoms with E-state index in [4.69, 9.17) is 13.9 Å². The quantitative estimate of drug-likeness (QED) is 0.462. The number of ether oxygens (including phenoxy) is 2. The van der Waals surface area contributed by atoms with Crippen LogP contribution in [0.3, 0.4) is 0 Å². The van der Waals surface area contributed by atoms with Crippen LogP contribution in [0, 0.1) is 0 Å². The molecule has 1 fully saturated rings. The average molecular weight is 383 g/mol. The Morgan fingerprint density at radius 2 is 1.77 bits per heavy atom. The second-order valence-corrected chi connectivity index (χ2v) is 15.5. The van der Waals surface area contributed by atoms with Crippen LogP contribution in [0.15, 0.2) is 11.3 Å². The van der Waals surface area contributed by atoms with E-state index in [9.17, 15) is 4.79 Å². The summed E-state index contributed by atoms with van der Waals surface area (Å²) in [6.07, 6.45) is 4.33. The monoisotopic (exact) mass is 382 g/mol. The molecule has 4 nitrogen and oxygen atoms in total. The molecule has 0 aromatic carbocycles. The molecule has 0 saturated carbocycles. The van der Waals surface area contributed by atoms with Crippen molar-refractivity contribution in [2.75, 3.05) is 0 Å². The number of hydrogen-bond acceptors (Lipinski definition) is 4. The maximum absolute atomic E-state index is 12.7. The van der Waals surface area contributed by atoms with Crippen LogP contribution in [-0.4, -0.2) is 31.6 Å². The first kappa shape index (κ1) is 21.5. The van der Waals surface area contributed by atoms with Gasteiger partial charge in [0.2, 0.25) is 0 Å². The highest BCUT2D eigenvalue weighted by Crippen LogP contribution is 2.44. The summed E-state index contributed by atoms with van der Waals surface area (Å²) in [5.74, 6) is 0.566. The van der Waals surface area contributed by atoms with Crippen molar-refractivity contribution in [1.82, 2.24) is 0 Å². The Hall–Kier alpha value is -0.813. The van der Waals surface area contributed by atoms with Crippen LogP contribution < -0.4 is 0 Å². The van der Waals surface area contributed by atoms with E-state index in [-0.39, 0.29) is 22.7 Å². The molecule has 0 spiro atoms. The predicted octanol–water partition coefficient (Wildman–Crippen LogP) is 5.73. The summed E-state index contributed by atoms with van der Waals surface area (Å²) in [6.45, 7) is 19.2. The van der Waals surface area contributed by atoms with Gasteiger partial charge in [0.05, 0.1) is 11.7 Å². The van der Waals surface area contributed by atoms with Crippen LogP contribution in [0.4, 0.5) is 0 Å². The molecule has 0 amide bonds. The highest BCUT2D eigenvalue weighted by Gasteiger charge is 2.44. The lowest BCUT2D eigenvalue weighted by atomic mass is 9.90. The lowest BCUT2D eigenvalue weighted by Crippen LogP contribution is -2.44. The van der Waals surface area contributed by atoms with E-state index in [1.54, 1.807) is 0 Å². The largest absolute Gasteiger partial charge is 0.491 e. The Morgan fingerprint density at radius 1 is 1.15 bits per heavy atom. The van der Waals surface area contributed by atoms with E-state index in [2.05, 4.69) is 40.8 Å². The molecule has 0 radical (unpaired) electrons. The molecule has 0 aromatic rings. The zero-order valence-electron chi connectivity index (χ0n) is 18.2. The van der Waals surface area contributed by atoms with Crippen molar-refractivity contribution >= 4 is 14.3 Å². The van der Waals surface area contributed by atoms with Crippen molar-refractivity contribution in [3.05, 3.63) is 11.3 Å². The fourth-order valence-corrected chi connectivity index (χ4v) is 4.69. The molecular weight excluding hydrogens is 344 g/mol. The lowest BCUT2D eigenvalue weighted by Gasteiger charge is -2.39. The minimum Gasteiger partial charge on any atom is -0.491 e. The molecule has 150 valence electrons. The second-order valence-electron chi connectivity index (χ2n) is 10.7. The van der Waals surface area contributed by atoms with Crippen LogP contribution in [0.1, 0.15) is 80.6 Å². The summed E-state index contributed by atoms with van der Waals surface area (Å²) < 4.78 is 18.6. The highest BCUT2D eigenvalue weighted by molar-refractivity contribution is 6.74. The van der Waals surface area contributed by atoms with Crippen LogP contribution in [0.5, 0.6) is 0 Å².